The third kappa shape index (κ3) is 3.47. The van der Waals surface area contributed by atoms with Gasteiger partial charge in [-0.3, -0.25) is 0 Å². The van der Waals surface area contributed by atoms with Crippen molar-refractivity contribution in [1.29, 1.82) is 0 Å². The topological polar surface area (TPSA) is 74.6 Å². The molecule has 2 N–H and O–H groups in total. The van der Waals surface area contributed by atoms with Crippen LogP contribution in [0.2, 0.25) is 0 Å². The molecule has 2 aromatic carbocycles. The molecule has 108 valence electrons. The summed E-state index contributed by atoms with van der Waals surface area (Å²) in [5, 5.41) is 20.3. The first-order valence-corrected chi connectivity index (χ1v) is 8.62. The molecule has 0 fully saturated rings. The van der Waals surface area contributed by atoms with Crippen LogP contribution < -0.4 is 10.6 Å². The third-order valence-electron chi connectivity index (χ3n) is 3.31. The molecule has 0 amide bonds. The largest absolute Gasteiger partial charge is 0.479 e. The molecule has 4 nitrogen and oxygen atoms in total. The van der Waals surface area contributed by atoms with Crippen LogP contribution in [0.5, 0.6) is 0 Å². The van der Waals surface area contributed by atoms with Gasteiger partial charge in [-0.15, -0.1) is 0 Å². The van der Waals surface area contributed by atoms with E-state index in [-0.39, 0.29) is 12.3 Å². The number of carboxylic acid groups (broad SMARTS) is 2. The summed E-state index contributed by atoms with van der Waals surface area (Å²) in [6.45, 7) is 0. The molecule has 0 atom stereocenters. The molecule has 0 aromatic heterocycles. The number of rotatable bonds is 6. The summed E-state index contributed by atoms with van der Waals surface area (Å²) in [7, 11) is -2.51. The monoisotopic (exact) mass is 303 g/mol. The standard InChI is InChI=1S/C16H15O4P/c17-15(18)11-21(12-16(19)20,13-7-3-1-4-8-13)14-9-5-2-6-10-14/h1-10H,11-12H2,(H-,17,18,19,20)/p+1. The Hall–Kier alpha value is -2.19. The van der Waals surface area contributed by atoms with E-state index in [2.05, 4.69) is 0 Å². The lowest BCUT2D eigenvalue weighted by Gasteiger charge is -2.24. The average Bonchev–Trinajstić information content (AvgIpc) is 2.47. The van der Waals surface area contributed by atoms with Gasteiger partial charge in [-0.2, -0.15) is 0 Å². The number of hydrogen-bond acceptors (Lipinski definition) is 2. The van der Waals surface area contributed by atoms with E-state index in [4.69, 9.17) is 0 Å². The normalized spacial score (nSPS) is 11.0. The van der Waals surface area contributed by atoms with Gasteiger partial charge in [-0.25, -0.2) is 9.59 Å². The first-order valence-electron chi connectivity index (χ1n) is 6.46. The minimum absolute atomic E-state index is 0.159. The zero-order valence-electron chi connectivity index (χ0n) is 11.3. The molecule has 0 aliphatic heterocycles. The predicted octanol–water partition coefficient (Wildman–Crippen LogP) is 1.82. The van der Waals surface area contributed by atoms with Gasteiger partial charge in [-0.1, -0.05) is 36.4 Å². The van der Waals surface area contributed by atoms with Gasteiger partial charge in [0.25, 0.3) is 0 Å². The minimum atomic E-state index is -2.51. The van der Waals surface area contributed by atoms with Gasteiger partial charge >= 0.3 is 11.9 Å². The summed E-state index contributed by atoms with van der Waals surface area (Å²) < 4.78 is 0. The van der Waals surface area contributed by atoms with Crippen molar-refractivity contribution in [2.45, 2.75) is 0 Å². The summed E-state index contributed by atoms with van der Waals surface area (Å²) in [5.74, 6) is -1.95. The minimum Gasteiger partial charge on any atom is -0.479 e. The summed E-state index contributed by atoms with van der Waals surface area (Å²) in [6.07, 6.45) is -0.319. The molecular weight excluding hydrogens is 287 g/mol. The van der Waals surface area contributed by atoms with Crippen LogP contribution in [0.25, 0.3) is 0 Å². The number of hydrogen-bond donors (Lipinski definition) is 2. The lowest BCUT2D eigenvalue weighted by Crippen LogP contribution is -2.32. The third-order valence-corrected chi connectivity index (χ3v) is 7.51. The summed E-state index contributed by atoms with van der Waals surface area (Å²) in [6, 6.07) is 18.2. The Morgan fingerprint density at radius 1 is 0.714 bits per heavy atom. The van der Waals surface area contributed by atoms with E-state index >= 15 is 0 Å². The lowest BCUT2D eigenvalue weighted by molar-refractivity contribution is -0.134. The maximum Gasteiger partial charge on any atom is 0.342 e. The fraction of sp³-hybridized carbons (Fsp3) is 0.125. The van der Waals surface area contributed by atoms with Gasteiger partial charge in [-0.05, 0) is 24.3 Å². The second kappa shape index (κ2) is 6.51. The second-order valence-corrected chi connectivity index (χ2v) is 8.34. The summed E-state index contributed by atoms with van der Waals surface area (Å²) >= 11 is 0. The fourth-order valence-electron chi connectivity index (χ4n) is 2.46. The van der Waals surface area contributed by atoms with E-state index in [1.54, 1.807) is 0 Å². The molecule has 21 heavy (non-hydrogen) atoms. The smallest absolute Gasteiger partial charge is 0.342 e. The number of carbonyl (C=O) groups is 2. The van der Waals surface area contributed by atoms with Crippen LogP contribution in [-0.2, 0) is 9.59 Å². The van der Waals surface area contributed by atoms with Gasteiger partial charge in [0.2, 0.25) is 0 Å². The Labute approximate surface area is 123 Å². The summed E-state index contributed by atoms with van der Waals surface area (Å²) in [4.78, 5) is 22.8. The van der Waals surface area contributed by atoms with E-state index in [0.717, 1.165) is 10.6 Å². The van der Waals surface area contributed by atoms with Crippen LogP contribution >= 0.6 is 7.26 Å². The molecule has 0 aliphatic rings. The Kier molecular flexibility index (Phi) is 4.71. The SMILES string of the molecule is O=C(O)C[P+](CC(=O)O)(c1ccccc1)c1ccccc1. The van der Waals surface area contributed by atoms with Gasteiger partial charge in [0.05, 0.1) is 0 Å². The highest BCUT2D eigenvalue weighted by Crippen LogP contribution is 2.55. The van der Waals surface area contributed by atoms with Gasteiger partial charge in [0, 0.05) is 0 Å². The second-order valence-electron chi connectivity index (χ2n) is 4.74. The highest BCUT2D eigenvalue weighted by Gasteiger charge is 2.47. The zero-order valence-corrected chi connectivity index (χ0v) is 12.2. The molecule has 0 saturated heterocycles. The van der Waals surface area contributed by atoms with Crippen LogP contribution in [0.4, 0.5) is 0 Å². The highest BCUT2D eigenvalue weighted by molar-refractivity contribution is 7.90. The van der Waals surface area contributed by atoms with Crippen molar-refractivity contribution in [1.82, 2.24) is 0 Å². The van der Waals surface area contributed by atoms with Crippen LogP contribution in [0.15, 0.2) is 60.7 Å². The highest BCUT2D eigenvalue weighted by atomic mass is 31.2. The van der Waals surface area contributed by atoms with Gasteiger partial charge < -0.3 is 10.2 Å². The Morgan fingerprint density at radius 3 is 1.33 bits per heavy atom. The predicted molar refractivity (Wildman–Crippen MR) is 84.1 cm³/mol. The van der Waals surface area contributed by atoms with Crippen molar-refractivity contribution in [2.75, 3.05) is 12.3 Å². The van der Waals surface area contributed by atoms with Crippen molar-refractivity contribution < 1.29 is 19.8 Å². The van der Waals surface area contributed by atoms with E-state index < -0.39 is 19.2 Å². The number of aliphatic carboxylic acids is 2. The molecule has 0 spiro atoms. The first-order chi connectivity index (χ1) is 10.0. The Morgan fingerprint density at radius 2 is 1.05 bits per heavy atom. The van der Waals surface area contributed by atoms with Gasteiger partial charge in [0.15, 0.2) is 12.3 Å². The van der Waals surface area contributed by atoms with E-state index in [1.165, 1.54) is 0 Å². The van der Waals surface area contributed by atoms with Gasteiger partial charge in [0.1, 0.15) is 17.9 Å². The molecule has 0 unspecified atom stereocenters. The van der Waals surface area contributed by atoms with E-state index in [0.29, 0.717) is 0 Å². The van der Waals surface area contributed by atoms with Crippen molar-refractivity contribution in [2.24, 2.45) is 0 Å². The number of carboxylic acids is 2. The van der Waals surface area contributed by atoms with Crippen LogP contribution in [0.3, 0.4) is 0 Å². The fourth-order valence-corrected chi connectivity index (χ4v) is 6.01. The summed E-state index contributed by atoms with van der Waals surface area (Å²) in [5.41, 5.74) is 0. The van der Waals surface area contributed by atoms with Crippen LogP contribution in [0.1, 0.15) is 0 Å². The van der Waals surface area contributed by atoms with Crippen LogP contribution in [-0.4, -0.2) is 34.5 Å². The van der Waals surface area contributed by atoms with Crippen molar-refractivity contribution in [3.63, 3.8) is 0 Å². The average molecular weight is 303 g/mol. The quantitative estimate of drug-likeness (QED) is 0.798. The Bertz CT molecular complexity index is 568. The van der Waals surface area contributed by atoms with Crippen molar-refractivity contribution in [3.8, 4) is 0 Å². The zero-order chi connectivity index (χ0) is 15.3. The van der Waals surface area contributed by atoms with Crippen LogP contribution in [0, 0.1) is 0 Å². The molecule has 0 radical (unpaired) electrons. The van der Waals surface area contributed by atoms with Crippen molar-refractivity contribution in [3.05, 3.63) is 60.7 Å². The maximum atomic E-state index is 11.4. The first kappa shape index (κ1) is 15.2. The Balaban J connectivity index is 2.64. The van der Waals surface area contributed by atoms with E-state index in [9.17, 15) is 19.8 Å². The maximum absolute atomic E-state index is 11.4. The molecule has 0 bridgehead atoms. The molecule has 0 heterocycles. The van der Waals surface area contributed by atoms with Crippen molar-refractivity contribution >= 4 is 29.8 Å². The van der Waals surface area contributed by atoms with E-state index in [1.807, 2.05) is 60.7 Å². The molecule has 0 saturated carbocycles. The molecule has 2 aromatic rings. The molecule has 5 heteroatoms. The molecule has 0 aliphatic carbocycles. The molecular formula is C16H16O4P+. The molecule has 2 rings (SSSR count). The lowest BCUT2D eigenvalue weighted by atomic mass is 10.4. The number of benzene rings is 2.